The number of halogens is 1. The Morgan fingerprint density at radius 3 is 2.18 bits per heavy atom. The highest BCUT2D eigenvalue weighted by Gasteiger charge is 2.22. The van der Waals surface area contributed by atoms with Crippen LogP contribution in [0.5, 0.6) is 0 Å². The monoisotopic (exact) mass is 418 g/mol. The lowest BCUT2D eigenvalue weighted by molar-refractivity contribution is -0.127. The van der Waals surface area contributed by atoms with Crippen LogP contribution in [0.15, 0.2) is 24.3 Å². The number of hydrogen-bond acceptors (Lipinski definition) is 4. The van der Waals surface area contributed by atoms with Crippen LogP contribution in [0.1, 0.15) is 38.1 Å². The van der Waals surface area contributed by atoms with Gasteiger partial charge in [-0.3, -0.25) is 10.1 Å². The summed E-state index contributed by atoms with van der Waals surface area (Å²) in [5.74, 6) is -1.30. The topological polar surface area (TPSA) is 84.5 Å². The van der Waals surface area contributed by atoms with Gasteiger partial charge in [-0.15, -0.1) is 0 Å². The number of amides is 3. The maximum atomic E-state index is 11.9. The first-order valence-electron chi connectivity index (χ1n) is 6.68. The normalized spacial score (nSPS) is 12.2. The molecule has 1 atom stereocenters. The quantitative estimate of drug-likeness (QED) is 0.584. The molecule has 0 fully saturated rings. The Hall–Kier alpha value is -1.64. The van der Waals surface area contributed by atoms with E-state index >= 15 is 0 Å². The molecule has 1 unspecified atom stereocenters. The van der Waals surface area contributed by atoms with Gasteiger partial charge in [-0.2, -0.15) is 0 Å². The van der Waals surface area contributed by atoms with E-state index in [0.29, 0.717) is 5.56 Å². The van der Waals surface area contributed by atoms with Gasteiger partial charge in [-0.1, -0.05) is 0 Å². The van der Waals surface area contributed by atoms with Gasteiger partial charge in [0.05, 0.1) is 5.56 Å². The number of urea groups is 1. The van der Waals surface area contributed by atoms with Crippen molar-refractivity contribution in [3.8, 4) is 0 Å². The van der Waals surface area contributed by atoms with E-state index < -0.39 is 29.6 Å². The number of rotatable bonds is 3. The maximum Gasteiger partial charge on any atom is 0.338 e. The van der Waals surface area contributed by atoms with Crippen LogP contribution in [0.3, 0.4) is 0 Å². The van der Waals surface area contributed by atoms with Gasteiger partial charge < -0.3 is 10.1 Å². The molecule has 0 aromatic heterocycles. The number of carbonyl (C=O) groups is 3. The van der Waals surface area contributed by atoms with Crippen molar-refractivity contribution in [2.24, 2.45) is 0 Å². The van der Waals surface area contributed by atoms with Gasteiger partial charge in [-0.05, 0) is 74.6 Å². The molecule has 0 aliphatic heterocycles. The summed E-state index contributed by atoms with van der Waals surface area (Å²) in [6, 6.07) is 6.12. The number of esters is 1. The van der Waals surface area contributed by atoms with Crippen LogP contribution < -0.4 is 10.6 Å². The molecule has 6 nitrogen and oxygen atoms in total. The molecule has 120 valence electrons. The smallest absolute Gasteiger partial charge is 0.338 e. The van der Waals surface area contributed by atoms with Crippen LogP contribution >= 0.6 is 22.6 Å². The zero-order valence-corrected chi connectivity index (χ0v) is 15.1. The molecule has 0 saturated carbocycles. The molecule has 7 heteroatoms. The van der Waals surface area contributed by atoms with Crippen molar-refractivity contribution in [2.45, 2.75) is 39.3 Å². The van der Waals surface area contributed by atoms with Gasteiger partial charge in [0.1, 0.15) is 0 Å². The summed E-state index contributed by atoms with van der Waals surface area (Å²) in [5, 5.41) is 4.72. The van der Waals surface area contributed by atoms with Gasteiger partial charge in [0.25, 0.3) is 5.91 Å². The van der Waals surface area contributed by atoms with E-state index in [4.69, 9.17) is 4.74 Å². The highest BCUT2D eigenvalue weighted by Crippen LogP contribution is 2.09. The molecule has 0 saturated heterocycles. The van der Waals surface area contributed by atoms with Crippen LogP contribution in [0.4, 0.5) is 4.79 Å². The zero-order chi connectivity index (χ0) is 16.9. The summed E-state index contributed by atoms with van der Waals surface area (Å²) in [6.07, 6.45) is -1.07. The predicted molar refractivity (Wildman–Crippen MR) is 90.5 cm³/mol. The average molecular weight is 418 g/mol. The Labute approximate surface area is 143 Å². The summed E-state index contributed by atoms with van der Waals surface area (Å²) in [6.45, 7) is 6.77. The molecule has 1 aromatic rings. The summed E-state index contributed by atoms with van der Waals surface area (Å²) in [7, 11) is 0. The number of ether oxygens (including phenoxy) is 1. The first kappa shape index (κ1) is 18.4. The van der Waals surface area contributed by atoms with Gasteiger partial charge in [0.15, 0.2) is 6.10 Å². The summed E-state index contributed by atoms with van der Waals surface area (Å²) in [4.78, 5) is 35.3. The van der Waals surface area contributed by atoms with E-state index in [1.807, 2.05) is 0 Å². The minimum absolute atomic E-state index is 0.346. The highest BCUT2D eigenvalue weighted by atomic mass is 127. The Balaban J connectivity index is 2.55. The minimum atomic E-state index is -1.07. The molecule has 0 radical (unpaired) electrons. The van der Waals surface area contributed by atoms with Crippen molar-refractivity contribution in [1.29, 1.82) is 0 Å². The van der Waals surface area contributed by atoms with E-state index in [1.54, 1.807) is 45.0 Å². The SMILES string of the molecule is CC(OC(=O)c1ccc(I)cc1)C(=O)NC(=O)NC(C)(C)C. The molecule has 0 spiro atoms. The summed E-state index contributed by atoms with van der Waals surface area (Å²) >= 11 is 2.12. The van der Waals surface area contributed by atoms with E-state index in [2.05, 4.69) is 33.2 Å². The van der Waals surface area contributed by atoms with Crippen molar-refractivity contribution in [1.82, 2.24) is 10.6 Å². The number of hydrogen-bond donors (Lipinski definition) is 2. The van der Waals surface area contributed by atoms with Crippen molar-refractivity contribution in [3.05, 3.63) is 33.4 Å². The fraction of sp³-hybridized carbons (Fsp3) is 0.400. The van der Waals surface area contributed by atoms with Crippen molar-refractivity contribution in [3.63, 3.8) is 0 Å². The number of benzene rings is 1. The van der Waals surface area contributed by atoms with Crippen LogP contribution in [0, 0.1) is 3.57 Å². The maximum absolute atomic E-state index is 11.9. The molecular formula is C15H19IN2O4. The molecule has 0 aliphatic rings. The van der Waals surface area contributed by atoms with Crippen LogP contribution in [-0.4, -0.2) is 29.6 Å². The Morgan fingerprint density at radius 2 is 1.68 bits per heavy atom. The van der Waals surface area contributed by atoms with Crippen molar-refractivity contribution >= 4 is 40.5 Å². The molecular weight excluding hydrogens is 399 g/mol. The first-order valence-corrected chi connectivity index (χ1v) is 7.76. The second-order valence-corrected chi connectivity index (χ2v) is 6.99. The molecule has 2 N–H and O–H groups in total. The molecule has 22 heavy (non-hydrogen) atoms. The van der Waals surface area contributed by atoms with Gasteiger partial charge in [-0.25, -0.2) is 9.59 Å². The van der Waals surface area contributed by atoms with Gasteiger partial charge >= 0.3 is 12.0 Å². The number of imide groups is 1. The lowest BCUT2D eigenvalue weighted by atomic mass is 10.1. The standard InChI is InChI=1S/C15H19IN2O4/c1-9(12(19)17-14(21)18-15(2,3)4)22-13(20)10-5-7-11(16)8-6-10/h5-9H,1-4H3,(H2,17,18,19,21). The van der Waals surface area contributed by atoms with E-state index in [0.717, 1.165) is 3.57 Å². The molecule has 0 aliphatic carbocycles. The molecule has 1 aromatic carbocycles. The lowest BCUT2D eigenvalue weighted by Gasteiger charge is -2.21. The van der Waals surface area contributed by atoms with Crippen LogP contribution in [-0.2, 0) is 9.53 Å². The molecule has 0 heterocycles. The Morgan fingerprint density at radius 1 is 1.14 bits per heavy atom. The average Bonchev–Trinajstić information content (AvgIpc) is 2.36. The Kier molecular flexibility index (Phi) is 6.34. The van der Waals surface area contributed by atoms with E-state index in [-0.39, 0.29) is 0 Å². The molecule has 3 amide bonds. The number of carbonyl (C=O) groups excluding carboxylic acids is 3. The molecule has 0 bridgehead atoms. The first-order chi connectivity index (χ1) is 10.1. The van der Waals surface area contributed by atoms with Crippen molar-refractivity contribution < 1.29 is 19.1 Å². The largest absolute Gasteiger partial charge is 0.449 e. The third kappa shape index (κ3) is 6.42. The van der Waals surface area contributed by atoms with Gasteiger partial charge in [0, 0.05) is 9.11 Å². The minimum Gasteiger partial charge on any atom is -0.449 e. The predicted octanol–water partition coefficient (Wildman–Crippen LogP) is 2.46. The van der Waals surface area contributed by atoms with E-state index in [9.17, 15) is 14.4 Å². The van der Waals surface area contributed by atoms with Gasteiger partial charge in [0.2, 0.25) is 0 Å². The second kappa shape index (κ2) is 7.57. The number of nitrogens with one attached hydrogen (secondary N) is 2. The third-order valence-corrected chi connectivity index (χ3v) is 3.18. The third-order valence-electron chi connectivity index (χ3n) is 2.46. The summed E-state index contributed by atoms with van der Waals surface area (Å²) in [5.41, 5.74) is -0.120. The fourth-order valence-electron chi connectivity index (χ4n) is 1.45. The van der Waals surface area contributed by atoms with Crippen LogP contribution in [0.25, 0.3) is 0 Å². The zero-order valence-electron chi connectivity index (χ0n) is 12.9. The van der Waals surface area contributed by atoms with Crippen molar-refractivity contribution in [2.75, 3.05) is 0 Å². The summed E-state index contributed by atoms with van der Waals surface area (Å²) < 4.78 is 6.02. The Bertz CT molecular complexity index is 564. The second-order valence-electron chi connectivity index (χ2n) is 5.75. The molecule has 1 rings (SSSR count). The highest BCUT2D eigenvalue weighted by molar-refractivity contribution is 14.1. The van der Waals surface area contributed by atoms with Crippen LogP contribution in [0.2, 0.25) is 0 Å². The fourth-order valence-corrected chi connectivity index (χ4v) is 1.81. The lowest BCUT2D eigenvalue weighted by Crippen LogP contribution is -2.50. The van der Waals surface area contributed by atoms with E-state index in [1.165, 1.54) is 6.92 Å².